The fourth-order valence-electron chi connectivity index (χ4n) is 3.43. The first kappa shape index (κ1) is 26.2. The van der Waals surface area contributed by atoms with Crippen molar-refractivity contribution in [2.24, 2.45) is 0 Å². The van der Waals surface area contributed by atoms with E-state index in [4.69, 9.17) is 16.3 Å². The third kappa shape index (κ3) is 7.52. The molecule has 2 rings (SSSR count). The summed E-state index contributed by atoms with van der Waals surface area (Å²) >= 11 is 9.55. The van der Waals surface area contributed by atoms with Crippen molar-refractivity contribution in [2.45, 2.75) is 59.5 Å². The largest absolute Gasteiger partial charge is 0.484 e. The zero-order valence-electron chi connectivity index (χ0n) is 19.2. The first-order valence-corrected chi connectivity index (χ1v) is 12.1. The molecule has 1 atom stereocenters. The van der Waals surface area contributed by atoms with Crippen LogP contribution in [0.3, 0.4) is 0 Å². The molecule has 2 amide bonds. The van der Waals surface area contributed by atoms with Crippen LogP contribution in [0.2, 0.25) is 5.02 Å². The molecule has 32 heavy (non-hydrogen) atoms. The van der Waals surface area contributed by atoms with Crippen molar-refractivity contribution in [3.63, 3.8) is 0 Å². The molecule has 0 aliphatic heterocycles. The lowest BCUT2D eigenvalue weighted by Crippen LogP contribution is -2.50. The predicted octanol–water partition coefficient (Wildman–Crippen LogP) is 5.82. The van der Waals surface area contributed by atoms with Gasteiger partial charge in [0, 0.05) is 22.6 Å². The lowest BCUT2D eigenvalue weighted by atomic mass is 10.1. The second-order valence-electron chi connectivity index (χ2n) is 7.88. The van der Waals surface area contributed by atoms with Gasteiger partial charge in [0.2, 0.25) is 5.91 Å². The summed E-state index contributed by atoms with van der Waals surface area (Å²) in [6.07, 6.45) is 2.40. The summed E-state index contributed by atoms with van der Waals surface area (Å²) in [6.45, 7) is 8.70. The Balaban J connectivity index is 2.20. The number of nitrogens with one attached hydrogen (secondary N) is 1. The molecular weight excluding hydrogens is 492 g/mol. The normalized spacial score (nSPS) is 11.7. The minimum atomic E-state index is -0.577. The molecule has 2 aromatic carbocycles. The Morgan fingerprint density at radius 2 is 1.75 bits per heavy atom. The van der Waals surface area contributed by atoms with Crippen molar-refractivity contribution >= 4 is 39.3 Å². The number of hydrogen-bond donors (Lipinski definition) is 1. The van der Waals surface area contributed by atoms with Crippen molar-refractivity contribution in [1.29, 1.82) is 0 Å². The molecule has 5 nitrogen and oxygen atoms in total. The van der Waals surface area contributed by atoms with Crippen LogP contribution in [-0.2, 0) is 16.1 Å². The number of rotatable bonds is 11. The van der Waals surface area contributed by atoms with Crippen LogP contribution in [0.5, 0.6) is 5.75 Å². The van der Waals surface area contributed by atoms with Gasteiger partial charge >= 0.3 is 0 Å². The molecular formula is C25H32BrClN2O3. The van der Waals surface area contributed by atoms with Crippen LogP contribution in [0.25, 0.3) is 0 Å². The monoisotopic (exact) mass is 522 g/mol. The standard InChI is InChI=1S/C25H32BrClN2O3/c1-5-7-12-28-25(31)22(6-2)29(15-19-8-10-20(27)11-9-19)23(30)16-32-21-13-17(3)24(26)18(4)14-21/h8-11,13-14,22H,5-7,12,15-16H2,1-4H3,(H,28,31). The minimum absolute atomic E-state index is 0.140. The van der Waals surface area contributed by atoms with Gasteiger partial charge in [-0.15, -0.1) is 0 Å². The molecule has 0 aromatic heterocycles. The highest BCUT2D eigenvalue weighted by atomic mass is 79.9. The van der Waals surface area contributed by atoms with E-state index in [1.54, 1.807) is 17.0 Å². The summed E-state index contributed by atoms with van der Waals surface area (Å²) in [5, 5.41) is 3.59. The van der Waals surface area contributed by atoms with Gasteiger partial charge in [-0.1, -0.05) is 59.9 Å². The third-order valence-electron chi connectivity index (χ3n) is 5.25. The number of carbonyl (C=O) groups excluding carboxylic acids is 2. The number of aryl methyl sites for hydroxylation is 2. The van der Waals surface area contributed by atoms with E-state index in [1.165, 1.54) is 0 Å². The van der Waals surface area contributed by atoms with E-state index in [2.05, 4.69) is 28.2 Å². The number of unbranched alkanes of at least 4 members (excludes halogenated alkanes) is 1. The summed E-state index contributed by atoms with van der Waals surface area (Å²) in [5.74, 6) is 0.248. The van der Waals surface area contributed by atoms with Crippen LogP contribution >= 0.6 is 27.5 Å². The van der Waals surface area contributed by atoms with E-state index in [9.17, 15) is 9.59 Å². The Morgan fingerprint density at radius 1 is 1.12 bits per heavy atom. The van der Waals surface area contributed by atoms with Gasteiger partial charge in [-0.2, -0.15) is 0 Å². The highest BCUT2D eigenvalue weighted by Crippen LogP contribution is 2.26. The van der Waals surface area contributed by atoms with Gasteiger partial charge in [0.1, 0.15) is 11.8 Å². The molecule has 0 aliphatic rings. The molecule has 174 valence electrons. The number of benzene rings is 2. The van der Waals surface area contributed by atoms with Crippen LogP contribution in [0, 0.1) is 13.8 Å². The highest BCUT2D eigenvalue weighted by Gasteiger charge is 2.28. The molecule has 2 aromatic rings. The van der Waals surface area contributed by atoms with Gasteiger partial charge < -0.3 is 15.0 Å². The molecule has 1 unspecified atom stereocenters. The van der Waals surface area contributed by atoms with Gasteiger partial charge in [0.25, 0.3) is 5.91 Å². The van der Waals surface area contributed by atoms with Crippen LogP contribution in [0.1, 0.15) is 49.8 Å². The minimum Gasteiger partial charge on any atom is -0.484 e. The first-order chi connectivity index (χ1) is 15.3. The molecule has 1 N–H and O–H groups in total. The second-order valence-corrected chi connectivity index (χ2v) is 9.11. The van der Waals surface area contributed by atoms with E-state index < -0.39 is 6.04 Å². The first-order valence-electron chi connectivity index (χ1n) is 11.0. The molecule has 0 aliphatic carbocycles. The van der Waals surface area contributed by atoms with Crippen LogP contribution < -0.4 is 10.1 Å². The van der Waals surface area contributed by atoms with E-state index in [0.29, 0.717) is 30.3 Å². The highest BCUT2D eigenvalue weighted by molar-refractivity contribution is 9.10. The molecule has 0 heterocycles. The van der Waals surface area contributed by atoms with Gasteiger partial charge in [-0.05, 0) is 67.6 Å². The number of nitrogens with zero attached hydrogens (tertiary/aromatic N) is 1. The number of carbonyl (C=O) groups is 2. The van der Waals surface area contributed by atoms with Gasteiger partial charge in [0.15, 0.2) is 6.61 Å². The van der Waals surface area contributed by atoms with Crippen molar-refractivity contribution in [2.75, 3.05) is 13.2 Å². The number of ether oxygens (including phenoxy) is 1. The van der Waals surface area contributed by atoms with E-state index in [0.717, 1.165) is 34.0 Å². The van der Waals surface area contributed by atoms with Crippen LogP contribution in [-0.4, -0.2) is 35.9 Å². The zero-order valence-corrected chi connectivity index (χ0v) is 21.6. The Kier molecular flexibility index (Phi) is 10.5. The Labute approximate surface area is 204 Å². The summed E-state index contributed by atoms with van der Waals surface area (Å²) in [5.41, 5.74) is 2.97. The fraction of sp³-hybridized carbons (Fsp3) is 0.440. The van der Waals surface area contributed by atoms with Gasteiger partial charge in [0.05, 0.1) is 0 Å². The van der Waals surface area contributed by atoms with E-state index >= 15 is 0 Å². The maximum absolute atomic E-state index is 13.2. The van der Waals surface area contributed by atoms with Crippen molar-refractivity contribution in [3.8, 4) is 5.75 Å². The van der Waals surface area contributed by atoms with E-state index in [-0.39, 0.29) is 18.4 Å². The predicted molar refractivity (Wildman–Crippen MR) is 133 cm³/mol. The van der Waals surface area contributed by atoms with Crippen molar-refractivity contribution < 1.29 is 14.3 Å². The third-order valence-corrected chi connectivity index (χ3v) is 6.76. The smallest absolute Gasteiger partial charge is 0.261 e. The van der Waals surface area contributed by atoms with Gasteiger partial charge in [-0.25, -0.2) is 0 Å². The molecule has 0 bridgehead atoms. The molecule has 0 radical (unpaired) electrons. The van der Waals surface area contributed by atoms with E-state index in [1.807, 2.05) is 45.0 Å². The molecule has 0 saturated heterocycles. The Bertz CT molecular complexity index is 895. The van der Waals surface area contributed by atoms with Gasteiger partial charge in [-0.3, -0.25) is 9.59 Å². The maximum Gasteiger partial charge on any atom is 0.261 e. The molecule has 0 spiro atoms. The summed E-state index contributed by atoms with van der Waals surface area (Å²) in [6, 6.07) is 10.5. The Hall–Kier alpha value is -2.05. The quantitative estimate of drug-likeness (QED) is 0.378. The molecule has 0 fully saturated rings. The summed E-state index contributed by atoms with van der Waals surface area (Å²) in [4.78, 5) is 27.7. The average molecular weight is 524 g/mol. The SMILES string of the molecule is CCCCNC(=O)C(CC)N(Cc1ccc(Cl)cc1)C(=O)COc1cc(C)c(Br)c(C)c1. The fourth-order valence-corrected chi connectivity index (χ4v) is 3.78. The lowest BCUT2D eigenvalue weighted by molar-refractivity contribution is -0.143. The molecule has 0 saturated carbocycles. The summed E-state index contributed by atoms with van der Waals surface area (Å²) < 4.78 is 6.85. The Morgan fingerprint density at radius 3 is 2.31 bits per heavy atom. The van der Waals surface area contributed by atoms with Crippen LogP contribution in [0.4, 0.5) is 0 Å². The number of halogens is 2. The van der Waals surface area contributed by atoms with Crippen molar-refractivity contribution in [3.05, 3.63) is 62.6 Å². The summed E-state index contributed by atoms with van der Waals surface area (Å²) in [7, 11) is 0. The topological polar surface area (TPSA) is 58.6 Å². The van der Waals surface area contributed by atoms with Crippen molar-refractivity contribution in [1.82, 2.24) is 10.2 Å². The second kappa shape index (κ2) is 12.9. The zero-order chi connectivity index (χ0) is 23.7. The maximum atomic E-state index is 13.2. The number of amides is 2. The number of hydrogen-bond acceptors (Lipinski definition) is 3. The molecule has 7 heteroatoms. The average Bonchev–Trinajstić information content (AvgIpc) is 2.77. The lowest BCUT2D eigenvalue weighted by Gasteiger charge is -2.30. The van der Waals surface area contributed by atoms with Crippen LogP contribution in [0.15, 0.2) is 40.9 Å².